The number of aliphatic hydroxyl groups excluding tert-OH is 1. The molecule has 168 valence electrons. The molecular weight excluding hydrogens is 396 g/mol. The first-order chi connectivity index (χ1) is 14.6. The van der Waals surface area contributed by atoms with Crippen LogP contribution in [0.3, 0.4) is 0 Å². The van der Waals surface area contributed by atoms with E-state index >= 15 is 0 Å². The van der Waals surface area contributed by atoms with Crippen LogP contribution in [0.15, 0.2) is 35.3 Å². The van der Waals surface area contributed by atoms with Crippen molar-refractivity contribution in [3.8, 4) is 0 Å². The lowest BCUT2D eigenvalue weighted by atomic mass is 10.1. The normalized spacial score (nSPS) is 17.3. The third-order valence-corrected chi connectivity index (χ3v) is 5.43. The van der Waals surface area contributed by atoms with Gasteiger partial charge in [0.15, 0.2) is 0 Å². The Balaban J connectivity index is 1.75. The van der Waals surface area contributed by atoms with Crippen molar-refractivity contribution >= 4 is 17.3 Å². The molecule has 1 aliphatic heterocycles. The molecule has 0 radical (unpaired) electrons. The number of ether oxygens (including phenoxy) is 1. The lowest BCUT2D eigenvalue weighted by molar-refractivity contribution is -0.152. The van der Waals surface area contributed by atoms with Crippen molar-refractivity contribution in [1.29, 1.82) is 0 Å². The first kappa shape index (κ1) is 22.8. The van der Waals surface area contributed by atoms with Crippen molar-refractivity contribution in [3.63, 3.8) is 0 Å². The molecule has 2 heterocycles. The van der Waals surface area contributed by atoms with Gasteiger partial charge in [-0.05, 0) is 51.5 Å². The lowest BCUT2D eigenvalue weighted by Crippen LogP contribution is -2.46. The second-order valence-corrected chi connectivity index (χ2v) is 8.47. The smallest absolute Gasteiger partial charge is 0.326 e. The van der Waals surface area contributed by atoms with Gasteiger partial charge in [0.05, 0.1) is 23.6 Å². The van der Waals surface area contributed by atoms with E-state index in [1.54, 1.807) is 32.4 Å². The van der Waals surface area contributed by atoms with Crippen molar-refractivity contribution in [2.75, 3.05) is 17.3 Å². The number of aryl methyl sites for hydroxylation is 2. The SMILES string of the molecule is Cc1cc(C2Nc3cc(CNC(C(=O)OC(C)C)C(C)O)ccc3N2C)cn(C)c1=O. The minimum Gasteiger partial charge on any atom is -0.462 e. The van der Waals surface area contributed by atoms with Gasteiger partial charge in [0.2, 0.25) is 0 Å². The highest BCUT2D eigenvalue weighted by Gasteiger charge is 2.29. The first-order valence-corrected chi connectivity index (χ1v) is 10.5. The fourth-order valence-corrected chi connectivity index (χ4v) is 3.85. The zero-order chi connectivity index (χ0) is 22.9. The second-order valence-electron chi connectivity index (χ2n) is 8.47. The van der Waals surface area contributed by atoms with E-state index in [1.807, 2.05) is 44.4 Å². The highest BCUT2D eigenvalue weighted by molar-refractivity contribution is 5.78. The molecule has 0 amide bonds. The van der Waals surface area contributed by atoms with Gasteiger partial charge in [-0.25, -0.2) is 0 Å². The number of carbonyl (C=O) groups is 1. The summed E-state index contributed by atoms with van der Waals surface area (Å²) in [5, 5.41) is 16.6. The maximum absolute atomic E-state index is 12.2. The highest BCUT2D eigenvalue weighted by Crippen LogP contribution is 2.40. The Labute approximate surface area is 182 Å². The van der Waals surface area contributed by atoms with E-state index in [0.29, 0.717) is 12.1 Å². The molecule has 1 aromatic carbocycles. The summed E-state index contributed by atoms with van der Waals surface area (Å²) in [7, 11) is 3.76. The minimum absolute atomic E-state index is 0.000987. The van der Waals surface area contributed by atoms with Gasteiger partial charge in [-0.15, -0.1) is 0 Å². The van der Waals surface area contributed by atoms with Gasteiger partial charge in [-0.1, -0.05) is 6.07 Å². The lowest BCUT2D eigenvalue weighted by Gasteiger charge is -2.23. The second kappa shape index (κ2) is 9.11. The van der Waals surface area contributed by atoms with Gasteiger partial charge in [0, 0.05) is 38.0 Å². The quantitative estimate of drug-likeness (QED) is 0.581. The topological polar surface area (TPSA) is 95.8 Å². The van der Waals surface area contributed by atoms with Gasteiger partial charge in [-0.2, -0.15) is 0 Å². The van der Waals surface area contributed by atoms with E-state index < -0.39 is 18.1 Å². The Morgan fingerprint density at radius 2 is 1.97 bits per heavy atom. The third kappa shape index (κ3) is 4.91. The van der Waals surface area contributed by atoms with Crippen molar-refractivity contribution in [3.05, 3.63) is 57.5 Å². The molecule has 8 heteroatoms. The first-order valence-electron chi connectivity index (χ1n) is 10.5. The van der Waals surface area contributed by atoms with Crippen LogP contribution in [0.2, 0.25) is 0 Å². The number of carbonyl (C=O) groups excluding carboxylic acids is 1. The number of anilines is 2. The van der Waals surface area contributed by atoms with Gasteiger partial charge in [-0.3, -0.25) is 14.9 Å². The Kier molecular flexibility index (Phi) is 6.71. The maximum Gasteiger partial charge on any atom is 0.326 e. The molecule has 0 fully saturated rings. The molecule has 3 unspecified atom stereocenters. The monoisotopic (exact) mass is 428 g/mol. The number of hydrogen-bond donors (Lipinski definition) is 3. The van der Waals surface area contributed by atoms with E-state index in [9.17, 15) is 14.7 Å². The molecule has 0 saturated heterocycles. The van der Waals surface area contributed by atoms with E-state index in [4.69, 9.17) is 4.74 Å². The van der Waals surface area contributed by atoms with Crippen LogP contribution in [0.1, 0.15) is 43.6 Å². The number of nitrogens with one attached hydrogen (secondary N) is 2. The molecule has 31 heavy (non-hydrogen) atoms. The number of hydrogen-bond acceptors (Lipinski definition) is 7. The summed E-state index contributed by atoms with van der Waals surface area (Å²) in [6, 6.07) is 7.16. The zero-order valence-corrected chi connectivity index (χ0v) is 19.0. The van der Waals surface area contributed by atoms with Crippen LogP contribution in [0.4, 0.5) is 11.4 Å². The maximum atomic E-state index is 12.2. The molecule has 1 aromatic heterocycles. The summed E-state index contributed by atoms with van der Waals surface area (Å²) >= 11 is 0. The van der Waals surface area contributed by atoms with Crippen LogP contribution in [0, 0.1) is 6.92 Å². The number of benzene rings is 1. The van der Waals surface area contributed by atoms with Crippen molar-refractivity contribution in [2.24, 2.45) is 7.05 Å². The predicted molar refractivity (Wildman–Crippen MR) is 121 cm³/mol. The molecule has 0 saturated carbocycles. The van der Waals surface area contributed by atoms with E-state index in [1.165, 1.54) is 0 Å². The molecule has 8 nitrogen and oxygen atoms in total. The number of fused-ring (bicyclic) bond motifs is 1. The van der Waals surface area contributed by atoms with Crippen molar-refractivity contribution in [1.82, 2.24) is 9.88 Å². The number of aromatic nitrogens is 1. The van der Waals surface area contributed by atoms with Gasteiger partial charge < -0.3 is 24.6 Å². The van der Waals surface area contributed by atoms with Crippen LogP contribution in [-0.2, 0) is 23.1 Å². The molecule has 3 N–H and O–H groups in total. The number of nitrogens with zero attached hydrogens (tertiary/aromatic N) is 2. The van der Waals surface area contributed by atoms with E-state index in [0.717, 1.165) is 22.5 Å². The van der Waals surface area contributed by atoms with Gasteiger partial charge in [0.25, 0.3) is 5.56 Å². The zero-order valence-electron chi connectivity index (χ0n) is 19.0. The van der Waals surface area contributed by atoms with Crippen LogP contribution < -0.4 is 21.1 Å². The van der Waals surface area contributed by atoms with E-state index in [2.05, 4.69) is 15.5 Å². The van der Waals surface area contributed by atoms with Gasteiger partial charge >= 0.3 is 5.97 Å². The summed E-state index contributed by atoms with van der Waals surface area (Å²) in [6.07, 6.45) is 0.649. The summed E-state index contributed by atoms with van der Waals surface area (Å²) in [5.74, 6) is -0.464. The molecule has 3 rings (SSSR count). The number of rotatable bonds is 7. The van der Waals surface area contributed by atoms with Crippen LogP contribution in [0.5, 0.6) is 0 Å². The molecule has 0 bridgehead atoms. The Bertz CT molecular complexity index is 989. The van der Waals surface area contributed by atoms with E-state index in [-0.39, 0.29) is 17.8 Å². The number of pyridine rings is 1. The summed E-state index contributed by atoms with van der Waals surface area (Å²) in [5.41, 5.74) is 4.69. The fraction of sp³-hybridized carbons (Fsp3) is 0.478. The van der Waals surface area contributed by atoms with Gasteiger partial charge in [0.1, 0.15) is 12.2 Å². The van der Waals surface area contributed by atoms with Crippen molar-refractivity contribution in [2.45, 2.75) is 58.7 Å². The summed E-state index contributed by atoms with van der Waals surface area (Å²) in [4.78, 5) is 26.4. The summed E-state index contributed by atoms with van der Waals surface area (Å²) < 4.78 is 6.84. The highest BCUT2D eigenvalue weighted by atomic mass is 16.5. The average molecular weight is 429 g/mol. The minimum atomic E-state index is -0.873. The summed E-state index contributed by atoms with van der Waals surface area (Å²) in [6.45, 7) is 7.36. The number of aliphatic hydroxyl groups is 1. The fourth-order valence-electron chi connectivity index (χ4n) is 3.85. The molecule has 1 aliphatic rings. The number of esters is 1. The Hall–Kier alpha value is -2.84. The van der Waals surface area contributed by atoms with Crippen LogP contribution in [-0.4, -0.2) is 40.9 Å². The Morgan fingerprint density at radius 3 is 2.58 bits per heavy atom. The Morgan fingerprint density at radius 1 is 1.26 bits per heavy atom. The van der Waals surface area contributed by atoms with Crippen LogP contribution in [0.25, 0.3) is 0 Å². The molecule has 3 atom stereocenters. The third-order valence-electron chi connectivity index (χ3n) is 5.43. The standard InChI is InChI=1S/C23H32N4O4/c1-13(2)31-23(30)20(15(4)28)24-11-16-7-8-19-18(10-16)25-21(27(19)6)17-9-14(3)22(29)26(5)12-17/h7-10,12-13,15,20-21,24-25,28H,11H2,1-6H3. The van der Waals surface area contributed by atoms with Crippen LogP contribution >= 0.6 is 0 Å². The molecule has 2 aromatic rings. The molecule has 0 aliphatic carbocycles. The average Bonchev–Trinajstić information content (AvgIpc) is 3.01. The molecule has 0 spiro atoms. The molecular formula is C23H32N4O4. The predicted octanol–water partition coefficient (Wildman–Crippen LogP) is 2.04. The van der Waals surface area contributed by atoms with Crippen molar-refractivity contribution < 1.29 is 14.6 Å². The largest absolute Gasteiger partial charge is 0.462 e.